The Morgan fingerprint density at radius 1 is 0.891 bits per heavy atom. The number of amides is 2. The number of nitrogens with one attached hydrogen (secondary N) is 2. The lowest BCUT2D eigenvalue weighted by Crippen LogP contribution is -2.50. The van der Waals surface area contributed by atoms with Gasteiger partial charge in [-0.3, -0.25) is 9.59 Å². The first-order valence-electron chi connectivity index (χ1n) is 24.8. The van der Waals surface area contributed by atoms with E-state index < -0.39 is 47.5 Å². The van der Waals surface area contributed by atoms with Crippen LogP contribution in [0, 0.1) is 48.3 Å². The van der Waals surface area contributed by atoms with Gasteiger partial charge < -0.3 is 34.7 Å². The second-order valence-corrected chi connectivity index (χ2v) is 21.0. The summed E-state index contributed by atoms with van der Waals surface area (Å²) in [5.41, 5.74) is 3.29. The van der Waals surface area contributed by atoms with Crippen molar-refractivity contribution in [1.82, 2.24) is 10.6 Å². The minimum absolute atomic E-state index is 0.131. The minimum atomic E-state index is -1.32. The van der Waals surface area contributed by atoms with Crippen LogP contribution in [0.3, 0.4) is 0 Å². The molecule has 7 aliphatic rings. The maximum atomic E-state index is 14.9. The van der Waals surface area contributed by atoms with Gasteiger partial charge in [0.05, 0.1) is 18.6 Å². The summed E-state index contributed by atoms with van der Waals surface area (Å²) in [5, 5.41) is 18.3. The summed E-state index contributed by atoms with van der Waals surface area (Å²) >= 11 is 0. The highest BCUT2D eigenvalue weighted by atomic mass is 16.6. The minimum Gasteiger partial charge on any atom is -0.493 e. The maximum Gasteiger partial charge on any atom is 0.407 e. The number of fused-ring (bicyclic) bond motifs is 4. The molecule has 8 unspecified atom stereocenters. The molecule has 5 aliphatic carbocycles. The van der Waals surface area contributed by atoms with Crippen molar-refractivity contribution in [3.05, 3.63) is 53.1 Å². The Balaban J connectivity index is 1.00. The fourth-order valence-electron chi connectivity index (χ4n) is 12.0. The number of ketones is 1. The average Bonchev–Trinajstić information content (AvgIpc) is 3.92. The van der Waals surface area contributed by atoms with Gasteiger partial charge in [0.1, 0.15) is 29.2 Å². The average molecular weight is 879 g/mol. The highest BCUT2D eigenvalue weighted by Crippen LogP contribution is 2.53. The summed E-state index contributed by atoms with van der Waals surface area (Å²) < 4.78 is 25.0. The molecule has 9 rings (SSSR count). The molecule has 8 atom stereocenters. The summed E-state index contributed by atoms with van der Waals surface area (Å²) in [6.45, 7) is 8.84. The number of carbonyl (C=O) groups is 4. The number of carbonyl (C=O) groups excluding carboxylic acids is 3. The highest BCUT2D eigenvalue weighted by Gasteiger charge is 2.62. The second kappa shape index (κ2) is 19.2. The number of hydrogen-bond donors (Lipinski definition) is 3. The van der Waals surface area contributed by atoms with Crippen molar-refractivity contribution in [3.63, 3.8) is 0 Å². The smallest absolute Gasteiger partial charge is 0.407 e. The zero-order chi connectivity index (χ0) is 44.5. The molecule has 11 nitrogen and oxygen atoms in total. The molecule has 2 saturated heterocycles. The molecule has 6 fully saturated rings. The molecule has 3 N–H and O–H groups in total. The molecule has 0 aromatic heterocycles. The van der Waals surface area contributed by atoms with Gasteiger partial charge in [-0.15, -0.1) is 0 Å². The van der Waals surface area contributed by atoms with E-state index in [1.165, 1.54) is 12.0 Å². The third kappa shape index (κ3) is 10.0. The zero-order valence-corrected chi connectivity index (χ0v) is 38.3. The maximum absolute atomic E-state index is 14.9. The van der Waals surface area contributed by atoms with Crippen LogP contribution >= 0.6 is 0 Å². The monoisotopic (exact) mass is 879 g/mol. The third-order valence-electron chi connectivity index (χ3n) is 15.9. The first-order valence-corrected chi connectivity index (χ1v) is 24.8. The van der Waals surface area contributed by atoms with Crippen molar-refractivity contribution in [2.45, 2.75) is 160 Å². The van der Waals surface area contributed by atoms with Crippen molar-refractivity contribution in [1.29, 1.82) is 0 Å². The van der Waals surface area contributed by atoms with E-state index in [1.807, 2.05) is 6.07 Å². The summed E-state index contributed by atoms with van der Waals surface area (Å²) in [4.78, 5) is 55.6. The lowest BCUT2D eigenvalue weighted by atomic mass is 9.86. The number of rotatable bonds is 12. The third-order valence-corrected chi connectivity index (χ3v) is 15.9. The van der Waals surface area contributed by atoms with E-state index in [1.54, 1.807) is 0 Å². The standard InChI is InChI=1S/C53H70N2O9/c1-31(2)21-34-11-12-35(22-34)38-26-43-32(3)47(62-20-17-33-15-18-61-19-16-33)14-13-42(43)48(27-38)63-41-28-44-45(29-41)50(57)55-53(51(58)59)30-39(53)9-7-5-4-6-8-10-46(49(44)56)54-52(60)64-40-24-36-23-37(36)25-40/h12-14,22,26-27,31,33,36-37,39-41,44-46H,4-11,15-21,23-25,28-30H2,1-3H3,(H,54,60)(H,55,57)(H,58,59). The Kier molecular flexibility index (Phi) is 13.5. The number of carboxylic acids is 1. The lowest BCUT2D eigenvalue weighted by Gasteiger charge is -2.26. The number of ether oxygens (including phenoxy) is 4. The molecule has 2 amide bonds. The fourth-order valence-corrected chi connectivity index (χ4v) is 12.0. The summed E-state index contributed by atoms with van der Waals surface area (Å²) in [5.74, 6) is 0.552. The number of carboxylic acid groups (broad SMARTS) is 1. The molecule has 346 valence electrons. The van der Waals surface area contributed by atoms with Crippen LogP contribution < -0.4 is 20.1 Å². The van der Waals surface area contributed by atoms with Crippen molar-refractivity contribution >= 4 is 40.1 Å². The van der Waals surface area contributed by atoms with Crippen molar-refractivity contribution in [2.24, 2.45) is 41.4 Å². The molecule has 64 heavy (non-hydrogen) atoms. The predicted molar refractivity (Wildman–Crippen MR) is 245 cm³/mol. The Bertz CT molecular complexity index is 2150. The molecule has 4 saturated carbocycles. The quantitative estimate of drug-likeness (QED) is 0.189. The second-order valence-electron chi connectivity index (χ2n) is 21.0. The summed E-state index contributed by atoms with van der Waals surface area (Å²) in [6.07, 6.45) is 17.9. The van der Waals surface area contributed by atoms with Crippen molar-refractivity contribution < 1.29 is 43.2 Å². The number of alkyl carbamates (subject to hydrolysis) is 1. The molecule has 11 heteroatoms. The number of aliphatic carboxylic acids is 1. The molecular formula is C53H70N2O9. The van der Waals surface area contributed by atoms with Crippen LogP contribution in [0.2, 0.25) is 0 Å². The number of aryl methyl sites for hydroxylation is 1. The first kappa shape index (κ1) is 44.8. The van der Waals surface area contributed by atoms with Gasteiger partial charge in [-0.05, 0) is 166 Å². The fraction of sp³-hybridized carbons (Fsp3) is 0.660. The Labute approximate surface area is 378 Å². The van der Waals surface area contributed by atoms with Crippen molar-refractivity contribution in [2.75, 3.05) is 19.8 Å². The van der Waals surface area contributed by atoms with Gasteiger partial charge in [-0.25, -0.2) is 9.59 Å². The molecule has 0 spiro atoms. The van der Waals surface area contributed by atoms with Gasteiger partial charge in [0.15, 0.2) is 5.78 Å². The van der Waals surface area contributed by atoms with Gasteiger partial charge in [0.25, 0.3) is 0 Å². The van der Waals surface area contributed by atoms with Crippen LogP contribution in [0.4, 0.5) is 4.79 Å². The number of Topliss-reactive ketones (excluding diaryl/α,β-unsaturated/α-hetero) is 1. The number of hydrogen-bond acceptors (Lipinski definition) is 8. The Morgan fingerprint density at radius 2 is 1.64 bits per heavy atom. The van der Waals surface area contributed by atoms with E-state index in [-0.39, 0.29) is 30.6 Å². The van der Waals surface area contributed by atoms with E-state index >= 15 is 0 Å². The molecule has 0 radical (unpaired) electrons. The van der Waals surface area contributed by atoms with Crippen LogP contribution in [0.5, 0.6) is 11.5 Å². The van der Waals surface area contributed by atoms with Gasteiger partial charge in [0.2, 0.25) is 5.91 Å². The zero-order valence-electron chi connectivity index (χ0n) is 38.3. The van der Waals surface area contributed by atoms with Gasteiger partial charge in [-0.2, -0.15) is 0 Å². The Hall–Kier alpha value is -4.38. The van der Waals surface area contributed by atoms with Crippen LogP contribution in [0.15, 0.2) is 42.0 Å². The first-order chi connectivity index (χ1) is 30.9. The van der Waals surface area contributed by atoms with Gasteiger partial charge >= 0.3 is 12.1 Å². The van der Waals surface area contributed by atoms with Crippen LogP contribution in [0.1, 0.15) is 141 Å². The summed E-state index contributed by atoms with van der Waals surface area (Å²) in [7, 11) is 0. The Morgan fingerprint density at radius 3 is 2.41 bits per heavy atom. The lowest BCUT2D eigenvalue weighted by molar-refractivity contribution is -0.145. The van der Waals surface area contributed by atoms with Crippen LogP contribution in [-0.2, 0) is 23.9 Å². The molecule has 2 aromatic rings. The molecule has 2 aromatic carbocycles. The topological polar surface area (TPSA) is 149 Å². The van der Waals surface area contributed by atoms with E-state index in [0.717, 1.165) is 130 Å². The number of benzene rings is 2. The van der Waals surface area contributed by atoms with Crippen LogP contribution in [0.25, 0.3) is 16.3 Å². The van der Waals surface area contributed by atoms with Gasteiger partial charge in [-0.1, -0.05) is 63.7 Å². The van der Waals surface area contributed by atoms with Crippen molar-refractivity contribution in [3.8, 4) is 11.5 Å². The van der Waals surface area contributed by atoms with E-state index in [0.29, 0.717) is 48.9 Å². The molecule has 2 aliphatic heterocycles. The predicted octanol–water partition coefficient (Wildman–Crippen LogP) is 10.0. The summed E-state index contributed by atoms with van der Waals surface area (Å²) in [6, 6.07) is 7.59. The van der Waals surface area contributed by atoms with E-state index in [9.17, 15) is 24.3 Å². The normalized spacial score (nSPS) is 32.0. The van der Waals surface area contributed by atoms with Gasteiger partial charge in [0, 0.05) is 24.5 Å². The van der Waals surface area contributed by atoms with E-state index in [4.69, 9.17) is 18.9 Å². The molecular weight excluding hydrogens is 809 g/mol. The number of allylic oxidation sites excluding steroid dienone is 4. The highest BCUT2D eigenvalue weighted by molar-refractivity contribution is 5.98. The largest absolute Gasteiger partial charge is 0.493 e. The van der Waals surface area contributed by atoms with E-state index in [2.05, 4.69) is 61.8 Å². The molecule has 2 heterocycles. The van der Waals surface area contributed by atoms with Crippen LogP contribution in [-0.4, -0.2) is 72.5 Å². The molecule has 0 bridgehead atoms. The SMILES string of the molecule is Cc1c(OCCC2CCOCC2)ccc2c(OC3CC4C(=O)NC5(C(=O)O)CC5CCCCCCCC(NC(=O)OC5CC6CC6C5)C(=O)C4C3)cc(C3=CCC(CC(C)C)=C3)cc12.